The fourth-order valence-electron chi connectivity index (χ4n) is 2.67. The van der Waals surface area contributed by atoms with Crippen LogP contribution in [0.4, 0.5) is 0 Å². The minimum Gasteiger partial charge on any atom is -0.481 e. The summed E-state index contributed by atoms with van der Waals surface area (Å²) in [6.07, 6.45) is 1.62. The second-order valence-electron chi connectivity index (χ2n) is 5.12. The van der Waals surface area contributed by atoms with Crippen LogP contribution in [0.1, 0.15) is 31.2 Å². The first-order chi connectivity index (χ1) is 8.53. The van der Waals surface area contributed by atoms with E-state index in [1.165, 1.54) is 0 Å². The zero-order valence-corrected chi connectivity index (χ0v) is 11.2. The van der Waals surface area contributed by atoms with Crippen LogP contribution in [0.15, 0.2) is 30.3 Å². The monoisotopic (exact) mass is 267 g/mol. The Hall–Kier alpha value is -1.06. The van der Waals surface area contributed by atoms with Crippen molar-refractivity contribution in [2.45, 2.75) is 36.6 Å². The van der Waals surface area contributed by atoms with Gasteiger partial charge in [-0.3, -0.25) is 4.79 Å². The minimum atomic E-state index is -0.788. The maximum atomic E-state index is 11.6. The van der Waals surface area contributed by atoms with Gasteiger partial charge in [0, 0.05) is 17.5 Å². The van der Waals surface area contributed by atoms with Crippen LogP contribution in [0.3, 0.4) is 0 Å². The van der Waals surface area contributed by atoms with Crippen LogP contribution in [0.25, 0.3) is 0 Å². The normalized spacial score (nSPS) is 29.8. The van der Waals surface area contributed by atoms with Gasteiger partial charge in [-0.25, -0.2) is 0 Å². The molecule has 0 radical (unpaired) electrons. The molecule has 2 rings (SSSR count). The summed E-state index contributed by atoms with van der Waals surface area (Å²) >= 11 is 6.06. The molecule has 0 bridgehead atoms. The van der Waals surface area contributed by atoms with Crippen molar-refractivity contribution in [1.82, 2.24) is 5.32 Å². The molecule has 4 heteroatoms. The van der Waals surface area contributed by atoms with Gasteiger partial charge in [0.25, 0.3) is 0 Å². The van der Waals surface area contributed by atoms with Crippen molar-refractivity contribution in [2.75, 3.05) is 6.54 Å². The van der Waals surface area contributed by atoms with Crippen molar-refractivity contribution in [2.24, 2.45) is 0 Å². The van der Waals surface area contributed by atoms with Crippen LogP contribution in [-0.2, 0) is 4.79 Å². The van der Waals surface area contributed by atoms with Crippen molar-refractivity contribution >= 4 is 17.6 Å². The quantitative estimate of drug-likeness (QED) is 0.828. The predicted molar refractivity (Wildman–Crippen MR) is 72.1 cm³/mol. The van der Waals surface area contributed by atoms with Crippen LogP contribution in [0, 0.1) is 0 Å². The van der Waals surface area contributed by atoms with Crippen molar-refractivity contribution in [3.05, 3.63) is 35.9 Å². The highest BCUT2D eigenvalue weighted by Crippen LogP contribution is 2.35. The first kappa shape index (κ1) is 13.4. The summed E-state index contributed by atoms with van der Waals surface area (Å²) < 4.78 is 0. The lowest BCUT2D eigenvalue weighted by Crippen LogP contribution is -2.55. The Morgan fingerprint density at radius 3 is 2.67 bits per heavy atom. The van der Waals surface area contributed by atoms with E-state index >= 15 is 0 Å². The molecule has 98 valence electrons. The average molecular weight is 268 g/mol. The Labute approximate surface area is 112 Å². The van der Waals surface area contributed by atoms with Crippen LogP contribution in [0.5, 0.6) is 0 Å². The van der Waals surface area contributed by atoms with E-state index in [2.05, 4.69) is 5.32 Å². The standard InChI is InChI=1S/C14H18ClNO2/c1-14(8-7-11(15)9-16-14)12(13(17)18)10-5-3-2-4-6-10/h2-6,11-12,16H,7-9H2,1H3,(H,17,18)/t11?,12-,14+/m0/s1. The number of carboxylic acids is 1. The van der Waals surface area contributed by atoms with Crippen molar-refractivity contribution in [3.8, 4) is 0 Å². The van der Waals surface area contributed by atoms with Gasteiger partial charge in [-0.1, -0.05) is 30.3 Å². The zero-order valence-electron chi connectivity index (χ0n) is 10.4. The molecular formula is C14H18ClNO2. The fourth-order valence-corrected chi connectivity index (χ4v) is 2.85. The molecule has 0 saturated carbocycles. The summed E-state index contributed by atoms with van der Waals surface area (Å²) in [5.74, 6) is -1.33. The Balaban J connectivity index is 2.28. The number of carbonyl (C=O) groups is 1. The summed E-state index contributed by atoms with van der Waals surface area (Å²) in [6, 6.07) is 9.40. The number of benzene rings is 1. The number of alkyl halides is 1. The molecule has 1 aliphatic rings. The first-order valence-electron chi connectivity index (χ1n) is 6.20. The van der Waals surface area contributed by atoms with Gasteiger partial charge in [-0.2, -0.15) is 0 Å². The molecule has 18 heavy (non-hydrogen) atoms. The lowest BCUT2D eigenvalue weighted by atomic mass is 9.75. The average Bonchev–Trinajstić information content (AvgIpc) is 2.34. The molecule has 1 unspecified atom stereocenters. The molecule has 0 aliphatic carbocycles. The lowest BCUT2D eigenvalue weighted by molar-refractivity contribution is -0.141. The first-order valence-corrected chi connectivity index (χ1v) is 6.63. The van der Waals surface area contributed by atoms with Gasteiger partial charge in [0.05, 0.1) is 5.92 Å². The number of carboxylic acid groups (broad SMARTS) is 1. The Morgan fingerprint density at radius 2 is 2.17 bits per heavy atom. The third kappa shape index (κ3) is 2.68. The number of hydrogen-bond donors (Lipinski definition) is 2. The largest absolute Gasteiger partial charge is 0.481 e. The molecule has 1 fully saturated rings. The molecular weight excluding hydrogens is 250 g/mol. The second kappa shape index (κ2) is 5.29. The van der Waals surface area contributed by atoms with E-state index in [9.17, 15) is 9.90 Å². The summed E-state index contributed by atoms with van der Waals surface area (Å²) in [5, 5.41) is 12.9. The number of hydrogen-bond acceptors (Lipinski definition) is 2. The molecule has 3 atom stereocenters. The van der Waals surface area contributed by atoms with E-state index in [-0.39, 0.29) is 5.38 Å². The molecule has 0 aromatic heterocycles. The van der Waals surface area contributed by atoms with E-state index in [0.29, 0.717) is 6.54 Å². The smallest absolute Gasteiger partial charge is 0.312 e. The minimum absolute atomic E-state index is 0.100. The molecule has 1 aromatic carbocycles. The highest BCUT2D eigenvalue weighted by Gasteiger charge is 2.42. The van der Waals surface area contributed by atoms with Gasteiger partial charge in [0.2, 0.25) is 0 Å². The summed E-state index contributed by atoms with van der Waals surface area (Å²) in [5.41, 5.74) is 0.409. The zero-order chi connectivity index (χ0) is 13.2. The van der Waals surface area contributed by atoms with E-state index < -0.39 is 17.4 Å². The maximum Gasteiger partial charge on any atom is 0.312 e. The van der Waals surface area contributed by atoms with Gasteiger partial charge in [-0.05, 0) is 25.3 Å². The predicted octanol–water partition coefficient (Wildman–Crippen LogP) is 2.60. The molecule has 1 heterocycles. The number of halogens is 1. The number of aliphatic carboxylic acids is 1. The van der Waals surface area contributed by atoms with Crippen molar-refractivity contribution in [1.29, 1.82) is 0 Å². The molecule has 0 amide bonds. The third-order valence-corrected chi connectivity index (χ3v) is 4.09. The highest BCUT2D eigenvalue weighted by molar-refractivity contribution is 6.20. The highest BCUT2D eigenvalue weighted by atomic mass is 35.5. The summed E-state index contributed by atoms with van der Waals surface area (Å²) in [4.78, 5) is 11.6. The van der Waals surface area contributed by atoms with E-state index in [4.69, 9.17) is 11.6 Å². The van der Waals surface area contributed by atoms with Crippen LogP contribution < -0.4 is 5.32 Å². The second-order valence-corrected chi connectivity index (χ2v) is 5.73. The van der Waals surface area contributed by atoms with Gasteiger partial charge < -0.3 is 10.4 Å². The fraction of sp³-hybridized carbons (Fsp3) is 0.500. The van der Waals surface area contributed by atoms with Crippen LogP contribution in [0.2, 0.25) is 0 Å². The van der Waals surface area contributed by atoms with Gasteiger partial charge >= 0.3 is 5.97 Å². The van der Waals surface area contributed by atoms with Crippen LogP contribution >= 0.6 is 11.6 Å². The summed E-state index contributed by atoms with van der Waals surface area (Å²) in [6.45, 7) is 2.64. The maximum absolute atomic E-state index is 11.6. The lowest BCUT2D eigenvalue weighted by Gasteiger charge is -2.41. The van der Waals surface area contributed by atoms with E-state index in [1.807, 2.05) is 37.3 Å². The molecule has 1 aromatic rings. The van der Waals surface area contributed by atoms with Crippen molar-refractivity contribution < 1.29 is 9.90 Å². The SMILES string of the molecule is C[C@]1([C@H](C(=O)O)c2ccccc2)CCC(Cl)CN1. The number of piperidine rings is 1. The molecule has 1 aliphatic heterocycles. The number of rotatable bonds is 3. The van der Waals surface area contributed by atoms with E-state index in [1.54, 1.807) is 0 Å². The molecule has 3 nitrogen and oxygen atoms in total. The molecule has 2 N–H and O–H groups in total. The Bertz CT molecular complexity index is 413. The third-order valence-electron chi connectivity index (χ3n) is 3.72. The molecule has 1 saturated heterocycles. The van der Waals surface area contributed by atoms with Gasteiger partial charge in [0.1, 0.15) is 0 Å². The summed E-state index contributed by atoms with van der Waals surface area (Å²) in [7, 11) is 0. The van der Waals surface area contributed by atoms with Gasteiger partial charge in [-0.15, -0.1) is 11.6 Å². The number of nitrogens with one attached hydrogen (secondary N) is 1. The molecule has 0 spiro atoms. The van der Waals surface area contributed by atoms with E-state index in [0.717, 1.165) is 18.4 Å². The Morgan fingerprint density at radius 1 is 1.50 bits per heavy atom. The van der Waals surface area contributed by atoms with Gasteiger partial charge in [0.15, 0.2) is 0 Å². The Kier molecular flexibility index (Phi) is 3.93. The topological polar surface area (TPSA) is 49.3 Å². The van der Waals surface area contributed by atoms with Crippen LogP contribution in [-0.4, -0.2) is 28.5 Å². The van der Waals surface area contributed by atoms with Crippen molar-refractivity contribution in [3.63, 3.8) is 0 Å².